The molecule has 0 fully saturated rings. The van der Waals surface area contributed by atoms with Crippen molar-refractivity contribution in [3.63, 3.8) is 0 Å². The van der Waals surface area contributed by atoms with Gasteiger partial charge in [-0.25, -0.2) is 0 Å². The van der Waals surface area contributed by atoms with Gasteiger partial charge in [-0.3, -0.25) is 0 Å². The molecule has 0 unspecified atom stereocenters. The van der Waals surface area contributed by atoms with Crippen LogP contribution in [0.5, 0.6) is 0 Å². The Morgan fingerprint density at radius 3 is 2.39 bits per heavy atom. The van der Waals surface area contributed by atoms with Gasteiger partial charge in [0.05, 0.1) is 19.6 Å². The Balaban J connectivity index is 2.35. The van der Waals surface area contributed by atoms with Crippen molar-refractivity contribution < 1.29 is 23.0 Å². The van der Waals surface area contributed by atoms with Crippen LogP contribution in [0.3, 0.4) is 0 Å². The van der Waals surface area contributed by atoms with Gasteiger partial charge in [-0.2, -0.15) is 13.2 Å². The van der Waals surface area contributed by atoms with Crippen LogP contribution in [0, 0.1) is 11.8 Å². The van der Waals surface area contributed by atoms with Crippen molar-refractivity contribution in [2.75, 3.05) is 13.2 Å². The van der Waals surface area contributed by atoms with Crippen LogP contribution in [0.15, 0.2) is 24.3 Å². The van der Waals surface area contributed by atoms with Crippen LogP contribution in [0.4, 0.5) is 13.2 Å². The number of alkyl halides is 3. The van der Waals surface area contributed by atoms with Crippen molar-refractivity contribution in [3.05, 3.63) is 35.4 Å². The highest BCUT2D eigenvalue weighted by atomic mass is 19.4. The summed E-state index contributed by atoms with van der Waals surface area (Å²) >= 11 is 0. The molecule has 0 aromatic heterocycles. The Morgan fingerprint density at radius 1 is 1.17 bits per heavy atom. The minimum atomic E-state index is -4.18. The summed E-state index contributed by atoms with van der Waals surface area (Å²) in [4.78, 5) is 0. The van der Waals surface area contributed by atoms with Crippen molar-refractivity contribution in [1.29, 1.82) is 0 Å². The molecule has 2 nitrogen and oxygen atoms in total. The van der Waals surface area contributed by atoms with E-state index in [1.807, 2.05) is 0 Å². The molecule has 0 aliphatic heterocycles. The van der Waals surface area contributed by atoms with E-state index in [9.17, 15) is 13.2 Å². The van der Waals surface area contributed by atoms with E-state index in [0.29, 0.717) is 0 Å². The Kier molecular flexibility index (Phi) is 5.69. The number of halogens is 3. The van der Waals surface area contributed by atoms with Crippen LogP contribution in [0.25, 0.3) is 0 Å². The van der Waals surface area contributed by atoms with Gasteiger partial charge in [-0.05, 0) is 17.7 Å². The summed E-state index contributed by atoms with van der Waals surface area (Å²) in [6, 6.07) is 6.92. The second-order valence-corrected chi connectivity index (χ2v) is 3.57. The first-order valence-electron chi connectivity index (χ1n) is 5.34. The topological polar surface area (TPSA) is 29.5 Å². The van der Waals surface area contributed by atoms with Gasteiger partial charge in [-0.15, -0.1) is 0 Å². The fraction of sp³-hybridized carbons (Fsp3) is 0.385. The van der Waals surface area contributed by atoms with Crippen molar-refractivity contribution >= 4 is 0 Å². The summed E-state index contributed by atoms with van der Waals surface area (Å²) in [6.45, 7) is -0.401. The van der Waals surface area contributed by atoms with Gasteiger partial charge < -0.3 is 9.84 Å². The summed E-state index contributed by atoms with van der Waals surface area (Å²) < 4.78 is 40.4. The van der Waals surface area contributed by atoms with Gasteiger partial charge in [0, 0.05) is 5.56 Å². The second kappa shape index (κ2) is 7.04. The van der Waals surface area contributed by atoms with Crippen LogP contribution in [-0.2, 0) is 11.3 Å². The molecule has 0 heterocycles. The lowest BCUT2D eigenvalue weighted by Crippen LogP contribution is -2.11. The highest BCUT2D eigenvalue weighted by Crippen LogP contribution is 2.19. The third-order valence-corrected chi connectivity index (χ3v) is 2.06. The lowest BCUT2D eigenvalue weighted by Gasteiger charge is -2.07. The molecular formula is C13H13F3O2. The lowest BCUT2D eigenvalue weighted by molar-refractivity contribution is -0.146. The van der Waals surface area contributed by atoms with Gasteiger partial charge in [0.15, 0.2) is 0 Å². The van der Waals surface area contributed by atoms with E-state index in [-0.39, 0.29) is 19.8 Å². The summed E-state index contributed by atoms with van der Waals surface area (Å²) in [6.07, 6.45) is -5.11. The molecule has 0 aliphatic rings. The second-order valence-electron chi connectivity index (χ2n) is 3.57. The largest absolute Gasteiger partial charge is 0.391 e. The van der Waals surface area contributed by atoms with E-state index in [0.717, 1.165) is 11.1 Å². The predicted octanol–water partition coefficient (Wildman–Crippen LogP) is 2.50. The molecule has 98 valence electrons. The first kappa shape index (κ1) is 14.6. The highest BCUT2D eigenvalue weighted by Gasteiger charge is 2.26. The molecule has 0 saturated carbocycles. The van der Waals surface area contributed by atoms with E-state index in [2.05, 4.69) is 11.8 Å². The monoisotopic (exact) mass is 258 g/mol. The van der Waals surface area contributed by atoms with Crippen LogP contribution >= 0.6 is 0 Å². The maximum atomic E-state index is 11.8. The lowest BCUT2D eigenvalue weighted by atomic mass is 10.1. The average molecular weight is 258 g/mol. The molecular weight excluding hydrogens is 245 g/mol. The Bertz CT molecular complexity index is 413. The van der Waals surface area contributed by atoms with Gasteiger partial charge in [0.1, 0.15) is 6.61 Å². The Morgan fingerprint density at radius 2 is 1.83 bits per heavy atom. The van der Waals surface area contributed by atoms with E-state index in [1.165, 1.54) is 0 Å². The van der Waals surface area contributed by atoms with Crippen LogP contribution in [0.1, 0.15) is 17.5 Å². The van der Waals surface area contributed by atoms with Crippen LogP contribution in [-0.4, -0.2) is 24.5 Å². The van der Waals surface area contributed by atoms with Crippen LogP contribution < -0.4 is 0 Å². The van der Waals surface area contributed by atoms with Gasteiger partial charge in [0.2, 0.25) is 0 Å². The normalized spacial score (nSPS) is 10.9. The zero-order valence-corrected chi connectivity index (χ0v) is 9.63. The fourth-order valence-electron chi connectivity index (χ4n) is 1.20. The molecule has 0 spiro atoms. The molecule has 0 amide bonds. The first-order chi connectivity index (χ1) is 8.51. The molecule has 0 radical (unpaired) electrons. The summed E-state index contributed by atoms with van der Waals surface area (Å²) in [5.74, 6) is 5.22. The maximum absolute atomic E-state index is 11.8. The number of hydrogen-bond donors (Lipinski definition) is 1. The Labute approximate surface area is 103 Å². The standard InChI is InChI=1S/C13H13F3O2/c14-13(15,16)7-9-18-10-12-5-3-11(4-6-12)2-1-8-17/h3-6,17H,7-10H2. The third-order valence-electron chi connectivity index (χ3n) is 2.06. The van der Waals surface area contributed by atoms with Crippen molar-refractivity contribution in [3.8, 4) is 11.8 Å². The number of benzene rings is 1. The number of hydrogen-bond acceptors (Lipinski definition) is 2. The predicted molar refractivity (Wildman–Crippen MR) is 60.7 cm³/mol. The van der Waals surface area contributed by atoms with E-state index < -0.39 is 12.6 Å². The first-order valence-corrected chi connectivity index (χ1v) is 5.34. The summed E-state index contributed by atoms with van der Waals surface area (Å²) in [7, 11) is 0. The summed E-state index contributed by atoms with van der Waals surface area (Å²) in [5.41, 5.74) is 1.52. The molecule has 0 aliphatic carbocycles. The molecule has 5 heteroatoms. The van der Waals surface area contributed by atoms with Crippen molar-refractivity contribution in [2.24, 2.45) is 0 Å². The van der Waals surface area contributed by atoms with E-state index >= 15 is 0 Å². The minimum absolute atomic E-state index is 0.143. The highest BCUT2D eigenvalue weighted by molar-refractivity contribution is 5.35. The minimum Gasteiger partial charge on any atom is -0.384 e. The number of rotatable bonds is 4. The smallest absolute Gasteiger partial charge is 0.384 e. The van der Waals surface area contributed by atoms with Crippen molar-refractivity contribution in [1.82, 2.24) is 0 Å². The van der Waals surface area contributed by atoms with Gasteiger partial charge in [0.25, 0.3) is 0 Å². The molecule has 1 aromatic carbocycles. The zero-order valence-electron chi connectivity index (χ0n) is 9.63. The molecule has 0 atom stereocenters. The molecule has 1 rings (SSSR count). The molecule has 1 aromatic rings. The SMILES string of the molecule is OCC#Cc1ccc(COCCC(F)(F)F)cc1. The fourth-order valence-corrected chi connectivity index (χ4v) is 1.20. The zero-order chi connectivity index (χ0) is 13.4. The molecule has 0 saturated heterocycles. The number of aliphatic hydroxyl groups excluding tert-OH is 1. The number of aliphatic hydroxyl groups is 1. The van der Waals surface area contributed by atoms with E-state index in [1.54, 1.807) is 24.3 Å². The molecule has 18 heavy (non-hydrogen) atoms. The third kappa shape index (κ3) is 6.28. The van der Waals surface area contributed by atoms with E-state index in [4.69, 9.17) is 9.84 Å². The maximum Gasteiger partial charge on any atom is 0.391 e. The van der Waals surface area contributed by atoms with Crippen LogP contribution in [0.2, 0.25) is 0 Å². The van der Waals surface area contributed by atoms with Gasteiger partial charge in [-0.1, -0.05) is 24.0 Å². The van der Waals surface area contributed by atoms with Gasteiger partial charge >= 0.3 is 6.18 Å². The Hall–Kier alpha value is -1.51. The quantitative estimate of drug-likeness (QED) is 0.664. The average Bonchev–Trinajstić information content (AvgIpc) is 2.32. The molecule has 1 N–H and O–H groups in total. The summed E-state index contributed by atoms with van der Waals surface area (Å²) in [5, 5.41) is 8.51. The number of ether oxygens (including phenoxy) is 1. The molecule has 0 bridgehead atoms. The van der Waals surface area contributed by atoms with Crippen molar-refractivity contribution in [2.45, 2.75) is 19.2 Å².